The van der Waals surface area contributed by atoms with Gasteiger partial charge in [0.2, 0.25) is 5.95 Å². The highest BCUT2D eigenvalue weighted by Gasteiger charge is 2.31. The highest BCUT2D eigenvalue weighted by atomic mass is 16.3. The Labute approximate surface area is 87.6 Å². The molecule has 1 aromatic heterocycles. The summed E-state index contributed by atoms with van der Waals surface area (Å²) in [5.41, 5.74) is 1.61. The minimum absolute atomic E-state index is 0.353. The lowest BCUT2D eigenvalue weighted by molar-refractivity contribution is 0.0572. The maximum absolute atomic E-state index is 9.39. The van der Waals surface area contributed by atoms with Gasteiger partial charge >= 0.3 is 0 Å². The number of β-amino-alcohol motifs (C(OH)–C–C–N with tert-alkyl or cyclic N) is 2. The molecule has 2 atom stereocenters. The summed E-state index contributed by atoms with van der Waals surface area (Å²) >= 11 is 0. The Hall–Kier alpha value is -1.27. The van der Waals surface area contributed by atoms with E-state index in [9.17, 15) is 10.2 Å². The molecule has 1 aliphatic heterocycles. The molecule has 0 saturated carbocycles. The van der Waals surface area contributed by atoms with Crippen LogP contribution in [0.25, 0.3) is 0 Å². The van der Waals surface area contributed by atoms with E-state index < -0.39 is 12.2 Å². The van der Waals surface area contributed by atoms with Crippen molar-refractivity contribution in [2.45, 2.75) is 26.1 Å². The number of hydrogen-bond acceptors (Lipinski definition) is 6. The Morgan fingerprint density at radius 1 is 1.07 bits per heavy atom. The van der Waals surface area contributed by atoms with Crippen molar-refractivity contribution in [1.29, 1.82) is 0 Å². The van der Waals surface area contributed by atoms with Crippen LogP contribution in [0.1, 0.15) is 11.4 Å². The number of hydrogen-bond donors (Lipinski definition) is 2. The van der Waals surface area contributed by atoms with Gasteiger partial charge < -0.3 is 15.1 Å². The van der Waals surface area contributed by atoms with Crippen molar-refractivity contribution in [3.8, 4) is 0 Å². The molecule has 0 bridgehead atoms. The van der Waals surface area contributed by atoms with Gasteiger partial charge in [0.15, 0.2) is 0 Å². The van der Waals surface area contributed by atoms with Gasteiger partial charge in [-0.05, 0) is 13.8 Å². The Morgan fingerprint density at radius 3 is 2.20 bits per heavy atom. The molecule has 0 spiro atoms. The van der Waals surface area contributed by atoms with Gasteiger partial charge in [0.25, 0.3) is 0 Å². The lowest BCUT2D eigenvalue weighted by Crippen LogP contribution is -2.24. The Morgan fingerprint density at radius 2 is 1.67 bits per heavy atom. The first-order chi connectivity index (χ1) is 7.08. The fourth-order valence-electron chi connectivity index (χ4n) is 1.51. The van der Waals surface area contributed by atoms with Crippen molar-refractivity contribution in [3.63, 3.8) is 0 Å². The third-order valence-electron chi connectivity index (χ3n) is 2.62. The third-order valence-corrected chi connectivity index (χ3v) is 2.62. The van der Waals surface area contributed by atoms with Gasteiger partial charge in [-0.1, -0.05) is 0 Å². The van der Waals surface area contributed by atoms with Gasteiger partial charge in [-0.2, -0.15) is 5.10 Å². The molecule has 2 rings (SSSR count). The van der Waals surface area contributed by atoms with Crippen LogP contribution in [0.4, 0.5) is 5.95 Å². The normalized spacial score (nSPS) is 26.0. The zero-order chi connectivity index (χ0) is 11.0. The second-order valence-electron chi connectivity index (χ2n) is 3.82. The minimum Gasteiger partial charge on any atom is -0.388 e. The molecule has 1 aliphatic rings. The molecular formula is C9H14N4O2. The summed E-state index contributed by atoms with van der Waals surface area (Å²) in [4.78, 5) is 5.98. The predicted molar refractivity (Wildman–Crippen MR) is 53.5 cm³/mol. The topological polar surface area (TPSA) is 82.4 Å². The molecular weight excluding hydrogens is 196 g/mol. The van der Waals surface area contributed by atoms with E-state index in [1.54, 1.807) is 4.90 Å². The van der Waals surface area contributed by atoms with Gasteiger partial charge in [-0.25, -0.2) is 4.98 Å². The van der Waals surface area contributed by atoms with Gasteiger partial charge in [0, 0.05) is 13.1 Å². The molecule has 2 heterocycles. The molecule has 2 unspecified atom stereocenters. The molecule has 1 saturated heterocycles. The number of aliphatic hydroxyl groups excluding tert-OH is 2. The van der Waals surface area contributed by atoms with Crippen LogP contribution < -0.4 is 4.90 Å². The first kappa shape index (κ1) is 10.3. The van der Waals surface area contributed by atoms with Crippen LogP contribution in [-0.4, -0.2) is 50.7 Å². The van der Waals surface area contributed by atoms with Crippen LogP contribution >= 0.6 is 0 Å². The number of aliphatic hydroxyl groups is 2. The minimum atomic E-state index is -0.727. The summed E-state index contributed by atoms with van der Waals surface area (Å²) < 4.78 is 0. The number of aromatic nitrogens is 3. The van der Waals surface area contributed by atoms with E-state index in [0.717, 1.165) is 11.4 Å². The average molecular weight is 210 g/mol. The van der Waals surface area contributed by atoms with E-state index >= 15 is 0 Å². The molecule has 1 aromatic rings. The molecule has 0 aliphatic carbocycles. The fraction of sp³-hybridized carbons (Fsp3) is 0.667. The third kappa shape index (κ3) is 1.91. The smallest absolute Gasteiger partial charge is 0.245 e. The van der Waals surface area contributed by atoms with Crippen molar-refractivity contribution in [3.05, 3.63) is 11.4 Å². The lowest BCUT2D eigenvalue weighted by atomic mass is 10.3. The Bertz CT molecular complexity index is 361. The van der Waals surface area contributed by atoms with E-state index in [1.165, 1.54) is 0 Å². The molecule has 0 amide bonds. The van der Waals surface area contributed by atoms with E-state index in [2.05, 4.69) is 15.2 Å². The van der Waals surface area contributed by atoms with Crippen molar-refractivity contribution in [2.24, 2.45) is 0 Å². The van der Waals surface area contributed by atoms with Crippen molar-refractivity contribution in [2.75, 3.05) is 18.0 Å². The number of nitrogens with zero attached hydrogens (tertiary/aromatic N) is 4. The van der Waals surface area contributed by atoms with Gasteiger partial charge in [0.1, 0.15) is 0 Å². The number of rotatable bonds is 1. The zero-order valence-electron chi connectivity index (χ0n) is 8.75. The van der Waals surface area contributed by atoms with E-state index in [1.807, 2.05) is 13.8 Å². The fourth-order valence-corrected chi connectivity index (χ4v) is 1.51. The first-order valence-electron chi connectivity index (χ1n) is 4.87. The molecule has 0 aromatic carbocycles. The SMILES string of the molecule is Cc1nnc(N2CC(O)C(O)C2)nc1C. The predicted octanol–water partition coefficient (Wildman–Crippen LogP) is -0.970. The maximum Gasteiger partial charge on any atom is 0.245 e. The van der Waals surface area contributed by atoms with Crippen LogP contribution in [0.2, 0.25) is 0 Å². The first-order valence-corrected chi connectivity index (χ1v) is 4.87. The molecule has 15 heavy (non-hydrogen) atoms. The Balaban J connectivity index is 2.20. The van der Waals surface area contributed by atoms with Crippen LogP contribution in [0, 0.1) is 13.8 Å². The standard InChI is InChI=1S/C9H14N4O2/c1-5-6(2)11-12-9(10-5)13-3-7(14)8(15)4-13/h7-8,14-15H,3-4H2,1-2H3. The summed E-state index contributed by atoms with van der Waals surface area (Å²) in [7, 11) is 0. The quantitative estimate of drug-likeness (QED) is 0.620. The maximum atomic E-state index is 9.39. The summed E-state index contributed by atoms with van der Waals surface area (Å²) in [5.74, 6) is 0.466. The van der Waals surface area contributed by atoms with Crippen molar-refractivity contribution < 1.29 is 10.2 Å². The van der Waals surface area contributed by atoms with Gasteiger partial charge in [-0.3, -0.25) is 0 Å². The van der Waals surface area contributed by atoms with E-state index in [-0.39, 0.29) is 0 Å². The van der Waals surface area contributed by atoms with Crippen LogP contribution in [0.3, 0.4) is 0 Å². The average Bonchev–Trinajstić information content (AvgIpc) is 2.52. The van der Waals surface area contributed by atoms with Crippen molar-refractivity contribution >= 4 is 5.95 Å². The van der Waals surface area contributed by atoms with Gasteiger partial charge in [-0.15, -0.1) is 5.10 Å². The second kappa shape index (κ2) is 3.71. The summed E-state index contributed by atoms with van der Waals surface area (Å²) in [6.45, 7) is 4.40. The largest absolute Gasteiger partial charge is 0.388 e. The lowest BCUT2D eigenvalue weighted by Gasteiger charge is -2.14. The molecule has 0 radical (unpaired) electrons. The molecule has 82 valence electrons. The second-order valence-corrected chi connectivity index (χ2v) is 3.82. The molecule has 6 heteroatoms. The van der Waals surface area contributed by atoms with Crippen molar-refractivity contribution in [1.82, 2.24) is 15.2 Å². The monoisotopic (exact) mass is 210 g/mol. The van der Waals surface area contributed by atoms with Crippen LogP contribution in [0.15, 0.2) is 0 Å². The van der Waals surface area contributed by atoms with Crippen LogP contribution in [-0.2, 0) is 0 Å². The number of aryl methyl sites for hydroxylation is 2. The van der Waals surface area contributed by atoms with E-state index in [0.29, 0.717) is 19.0 Å². The van der Waals surface area contributed by atoms with Crippen LogP contribution in [0.5, 0.6) is 0 Å². The molecule has 2 N–H and O–H groups in total. The molecule has 6 nitrogen and oxygen atoms in total. The highest BCUT2D eigenvalue weighted by molar-refractivity contribution is 5.32. The Kier molecular flexibility index (Phi) is 2.54. The summed E-state index contributed by atoms with van der Waals surface area (Å²) in [6.07, 6.45) is -1.45. The summed E-state index contributed by atoms with van der Waals surface area (Å²) in [6, 6.07) is 0. The number of anilines is 1. The summed E-state index contributed by atoms with van der Waals surface area (Å²) in [5, 5.41) is 26.7. The van der Waals surface area contributed by atoms with Gasteiger partial charge in [0.05, 0.1) is 23.6 Å². The zero-order valence-corrected chi connectivity index (χ0v) is 8.75. The molecule has 1 fully saturated rings. The van der Waals surface area contributed by atoms with E-state index in [4.69, 9.17) is 0 Å². The highest BCUT2D eigenvalue weighted by Crippen LogP contribution is 2.16.